The number of ether oxygens (including phenoxy) is 1. The number of methoxy groups -OCH3 is 1. The molecule has 0 saturated carbocycles. The minimum Gasteiger partial charge on any atom is -0.504 e. The van der Waals surface area contributed by atoms with Crippen molar-refractivity contribution in [1.82, 2.24) is 0 Å². The van der Waals surface area contributed by atoms with E-state index in [4.69, 9.17) is 4.74 Å². The lowest BCUT2D eigenvalue weighted by atomic mass is 10.1. The summed E-state index contributed by atoms with van der Waals surface area (Å²) in [4.78, 5) is 12.7. The van der Waals surface area contributed by atoms with E-state index in [0.717, 1.165) is 11.3 Å². The van der Waals surface area contributed by atoms with Gasteiger partial charge in [0.2, 0.25) is 0 Å². The number of benzene rings is 2. The van der Waals surface area contributed by atoms with E-state index in [0.29, 0.717) is 20.6 Å². The quantitative estimate of drug-likeness (QED) is 0.591. The maximum atomic E-state index is 12.7. The Bertz CT molecular complexity index is 860. The van der Waals surface area contributed by atoms with Crippen molar-refractivity contribution in [3.8, 4) is 11.5 Å². The van der Waals surface area contributed by atoms with Crippen LogP contribution in [0.5, 0.6) is 11.5 Å². The molecule has 0 radical (unpaired) electrons. The van der Waals surface area contributed by atoms with Gasteiger partial charge in [-0.1, -0.05) is 18.2 Å². The van der Waals surface area contributed by atoms with Crippen molar-refractivity contribution in [3.05, 3.63) is 57.2 Å². The zero-order valence-electron chi connectivity index (χ0n) is 13.2. The molecular formula is C18H15IN2O3. The smallest absolute Gasteiger partial charge is 0.280 e. The fraction of sp³-hybridized carbons (Fsp3) is 0.111. The SMILES string of the molecule is COc1cc(/C=C2/C(=O)N(c3ccccc3)N=C2C)cc(I)c1O. The second-order valence-electron chi connectivity index (χ2n) is 5.25. The maximum Gasteiger partial charge on any atom is 0.280 e. The molecule has 1 aliphatic rings. The number of hydrazone groups is 1. The number of halogens is 1. The summed E-state index contributed by atoms with van der Waals surface area (Å²) in [6.07, 6.45) is 1.76. The molecule has 1 heterocycles. The van der Waals surface area contributed by atoms with Crippen LogP contribution < -0.4 is 9.75 Å². The minimum absolute atomic E-state index is 0.0919. The molecule has 122 valence electrons. The Morgan fingerprint density at radius 3 is 2.62 bits per heavy atom. The Balaban J connectivity index is 1.99. The molecule has 0 saturated heterocycles. The Morgan fingerprint density at radius 2 is 1.96 bits per heavy atom. The molecule has 1 aliphatic heterocycles. The molecule has 0 aliphatic carbocycles. The summed E-state index contributed by atoms with van der Waals surface area (Å²) >= 11 is 2.02. The fourth-order valence-corrected chi connectivity index (χ4v) is 3.05. The third-order valence-corrected chi connectivity index (χ3v) is 4.47. The van der Waals surface area contributed by atoms with Crippen LogP contribution in [0, 0.1) is 3.57 Å². The van der Waals surface area contributed by atoms with Gasteiger partial charge in [-0.3, -0.25) is 4.79 Å². The highest BCUT2D eigenvalue weighted by atomic mass is 127. The van der Waals surface area contributed by atoms with E-state index in [2.05, 4.69) is 5.10 Å². The minimum atomic E-state index is -0.180. The number of amides is 1. The predicted molar refractivity (Wildman–Crippen MR) is 102 cm³/mol. The van der Waals surface area contributed by atoms with Gasteiger partial charge in [0.1, 0.15) is 0 Å². The lowest BCUT2D eigenvalue weighted by Crippen LogP contribution is -2.21. The van der Waals surface area contributed by atoms with Crippen molar-refractivity contribution < 1.29 is 14.6 Å². The number of phenolic OH excluding ortho intramolecular Hbond substituents is 1. The van der Waals surface area contributed by atoms with Crippen LogP contribution in [-0.4, -0.2) is 23.8 Å². The van der Waals surface area contributed by atoms with Crippen LogP contribution in [0.1, 0.15) is 12.5 Å². The number of carbonyl (C=O) groups excluding carboxylic acids is 1. The third kappa shape index (κ3) is 3.01. The summed E-state index contributed by atoms with van der Waals surface area (Å²) in [6.45, 7) is 1.80. The molecule has 0 bridgehead atoms. The van der Waals surface area contributed by atoms with Crippen LogP contribution in [0.25, 0.3) is 6.08 Å². The monoisotopic (exact) mass is 434 g/mol. The fourth-order valence-electron chi connectivity index (χ4n) is 2.43. The zero-order valence-corrected chi connectivity index (χ0v) is 15.3. The molecule has 2 aromatic rings. The van der Waals surface area contributed by atoms with Crippen molar-refractivity contribution >= 4 is 46.0 Å². The molecule has 5 nitrogen and oxygen atoms in total. The first-order chi connectivity index (χ1) is 11.5. The lowest BCUT2D eigenvalue weighted by Gasteiger charge is -2.11. The third-order valence-electron chi connectivity index (χ3n) is 3.65. The van der Waals surface area contributed by atoms with Crippen molar-refractivity contribution in [1.29, 1.82) is 0 Å². The Kier molecular flexibility index (Phi) is 4.57. The number of rotatable bonds is 3. The van der Waals surface area contributed by atoms with Crippen molar-refractivity contribution in [3.63, 3.8) is 0 Å². The predicted octanol–water partition coefficient (Wildman–Crippen LogP) is 3.81. The van der Waals surface area contributed by atoms with E-state index in [1.54, 1.807) is 25.1 Å². The van der Waals surface area contributed by atoms with Crippen molar-refractivity contribution in [2.75, 3.05) is 12.1 Å². The van der Waals surface area contributed by atoms with Gasteiger partial charge in [0.05, 0.1) is 27.7 Å². The Labute approximate surface area is 153 Å². The van der Waals surface area contributed by atoms with Gasteiger partial charge in [0.25, 0.3) is 5.91 Å². The van der Waals surface area contributed by atoms with Crippen molar-refractivity contribution in [2.45, 2.75) is 6.92 Å². The summed E-state index contributed by atoms with van der Waals surface area (Å²) < 4.78 is 5.82. The standard InChI is InChI=1S/C18H15IN2O3/c1-11-14(8-12-9-15(19)17(22)16(10-12)24-2)18(23)21(20-11)13-6-4-3-5-7-13/h3-10,22H,1-2H3/b14-8+. The molecule has 0 aromatic heterocycles. The van der Waals surface area contributed by atoms with Crippen LogP contribution >= 0.6 is 22.6 Å². The number of hydrogen-bond donors (Lipinski definition) is 1. The Hall–Kier alpha value is -2.35. The first kappa shape index (κ1) is 16.5. The van der Waals surface area contributed by atoms with Gasteiger partial charge in [0, 0.05) is 0 Å². The van der Waals surface area contributed by atoms with Gasteiger partial charge in [0.15, 0.2) is 11.5 Å². The average Bonchev–Trinajstić information content (AvgIpc) is 2.87. The molecule has 2 aromatic carbocycles. The number of carbonyl (C=O) groups is 1. The largest absolute Gasteiger partial charge is 0.504 e. The van der Waals surface area contributed by atoms with Gasteiger partial charge in [-0.2, -0.15) is 10.1 Å². The second kappa shape index (κ2) is 6.64. The number of phenols is 1. The van der Waals surface area contributed by atoms with Crippen LogP contribution in [0.3, 0.4) is 0 Å². The summed E-state index contributed by atoms with van der Waals surface area (Å²) in [7, 11) is 1.49. The lowest BCUT2D eigenvalue weighted by molar-refractivity contribution is -0.114. The van der Waals surface area contributed by atoms with E-state index in [9.17, 15) is 9.90 Å². The van der Waals surface area contributed by atoms with E-state index in [1.807, 2.05) is 52.9 Å². The molecule has 0 atom stereocenters. The van der Waals surface area contributed by atoms with Gasteiger partial charge in [-0.25, -0.2) is 0 Å². The van der Waals surface area contributed by atoms with Crippen molar-refractivity contribution in [2.24, 2.45) is 5.10 Å². The molecule has 6 heteroatoms. The molecule has 1 amide bonds. The van der Waals surface area contributed by atoms with E-state index in [-0.39, 0.29) is 11.7 Å². The molecule has 24 heavy (non-hydrogen) atoms. The van der Waals surface area contributed by atoms with Crippen LogP contribution in [0.4, 0.5) is 5.69 Å². The van der Waals surface area contributed by atoms with Gasteiger partial charge >= 0.3 is 0 Å². The number of nitrogens with zero attached hydrogens (tertiary/aromatic N) is 2. The van der Waals surface area contributed by atoms with Crippen LogP contribution in [0.15, 0.2) is 53.1 Å². The van der Waals surface area contributed by atoms with Gasteiger partial charge in [-0.15, -0.1) is 0 Å². The summed E-state index contributed by atoms with van der Waals surface area (Å²) in [5.74, 6) is 0.281. The number of anilines is 1. The molecule has 1 N–H and O–H groups in total. The van der Waals surface area contributed by atoms with E-state index < -0.39 is 0 Å². The highest BCUT2D eigenvalue weighted by Crippen LogP contribution is 2.34. The Morgan fingerprint density at radius 1 is 1.25 bits per heavy atom. The highest BCUT2D eigenvalue weighted by Gasteiger charge is 2.28. The second-order valence-corrected chi connectivity index (χ2v) is 6.41. The van der Waals surface area contributed by atoms with Crippen LogP contribution in [-0.2, 0) is 4.79 Å². The molecule has 0 unspecified atom stereocenters. The van der Waals surface area contributed by atoms with E-state index >= 15 is 0 Å². The number of para-hydroxylation sites is 1. The molecule has 0 fully saturated rings. The number of aromatic hydroxyl groups is 1. The summed E-state index contributed by atoms with van der Waals surface area (Å²) in [5, 5.41) is 15.7. The van der Waals surface area contributed by atoms with Gasteiger partial charge in [-0.05, 0) is 65.4 Å². The summed E-state index contributed by atoms with van der Waals surface area (Å²) in [5.41, 5.74) is 2.65. The number of hydrogen-bond acceptors (Lipinski definition) is 4. The maximum absolute atomic E-state index is 12.7. The first-order valence-electron chi connectivity index (χ1n) is 7.24. The van der Waals surface area contributed by atoms with E-state index in [1.165, 1.54) is 12.1 Å². The molecular weight excluding hydrogens is 419 g/mol. The normalized spacial score (nSPS) is 15.8. The zero-order chi connectivity index (χ0) is 17.3. The molecule has 3 rings (SSSR count). The van der Waals surface area contributed by atoms with Crippen LogP contribution in [0.2, 0.25) is 0 Å². The molecule has 0 spiro atoms. The topological polar surface area (TPSA) is 62.1 Å². The summed E-state index contributed by atoms with van der Waals surface area (Å²) in [6, 6.07) is 12.8. The van der Waals surface area contributed by atoms with Gasteiger partial charge < -0.3 is 9.84 Å². The first-order valence-corrected chi connectivity index (χ1v) is 8.32. The average molecular weight is 434 g/mol. The highest BCUT2D eigenvalue weighted by molar-refractivity contribution is 14.1.